The molecule has 0 unspecified atom stereocenters. The Morgan fingerprint density at radius 3 is 2.50 bits per heavy atom. The van der Waals surface area contributed by atoms with Gasteiger partial charge in [-0.1, -0.05) is 18.2 Å². The zero-order valence-corrected chi connectivity index (χ0v) is 13.0. The molecule has 2 aromatic carbocycles. The van der Waals surface area contributed by atoms with Crippen LogP contribution in [0.3, 0.4) is 0 Å². The minimum absolute atomic E-state index is 0.285. The molecule has 0 aliphatic carbocycles. The third-order valence-corrected chi connectivity index (χ3v) is 3.89. The Balaban J connectivity index is 1.67. The highest BCUT2D eigenvalue weighted by atomic mass is 16.2. The van der Waals surface area contributed by atoms with Crippen molar-refractivity contribution >= 4 is 28.4 Å². The van der Waals surface area contributed by atoms with Crippen LogP contribution in [0.4, 0.5) is 5.69 Å². The Bertz CT molecular complexity index is 883. The van der Waals surface area contributed by atoms with Gasteiger partial charge in [0.1, 0.15) is 0 Å². The summed E-state index contributed by atoms with van der Waals surface area (Å²) in [6.45, 7) is 0. The Hall–Kier alpha value is -3.12. The first-order valence-electron chi connectivity index (χ1n) is 7.56. The molecule has 0 fully saturated rings. The molecular weight excluding hydrogens is 304 g/mol. The van der Waals surface area contributed by atoms with Crippen molar-refractivity contribution in [1.29, 1.82) is 0 Å². The SMILES string of the molecule is NC(=O)c1ccc(NC(=O)[C@@H](N)Cc2c[nH]c3ccccc23)cc1. The largest absolute Gasteiger partial charge is 0.366 e. The summed E-state index contributed by atoms with van der Waals surface area (Å²) in [6.07, 6.45) is 2.30. The number of para-hydroxylation sites is 1. The summed E-state index contributed by atoms with van der Waals surface area (Å²) >= 11 is 0. The molecule has 0 radical (unpaired) electrons. The second kappa shape index (κ2) is 6.55. The molecule has 0 saturated carbocycles. The van der Waals surface area contributed by atoms with Crippen LogP contribution in [0, 0.1) is 0 Å². The van der Waals surface area contributed by atoms with Crippen LogP contribution in [0.5, 0.6) is 0 Å². The number of hydrogen-bond acceptors (Lipinski definition) is 3. The standard InChI is InChI=1S/C18H18N4O2/c19-15(9-12-10-21-16-4-2-1-3-14(12)16)18(24)22-13-7-5-11(6-8-13)17(20)23/h1-8,10,15,21H,9,19H2,(H2,20,23)(H,22,24)/t15-/m0/s1. The number of hydrogen-bond donors (Lipinski definition) is 4. The lowest BCUT2D eigenvalue weighted by atomic mass is 10.0. The molecule has 0 aliphatic heterocycles. The van der Waals surface area contributed by atoms with Crippen molar-refractivity contribution < 1.29 is 9.59 Å². The van der Waals surface area contributed by atoms with Gasteiger partial charge >= 0.3 is 0 Å². The van der Waals surface area contributed by atoms with Crippen molar-refractivity contribution in [3.8, 4) is 0 Å². The second-order valence-corrected chi connectivity index (χ2v) is 5.60. The predicted octanol–water partition coefficient (Wildman–Crippen LogP) is 1.78. The van der Waals surface area contributed by atoms with Crippen LogP contribution in [-0.2, 0) is 11.2 Å². The molecule has 1 heterocycles. The summed E-state index contributed by atoms with van der Waals surface area (Å²) < 4.78 is 0. The van der Waals surface area contributed by atoms with Crippen LogP contribution in [0.25, 0.3) is 10.9 Å². The van der Waals surface area contributed by atoms with Crippen molar-refractivity contribution in [3.63, 3.8) is 0 Å². The van der Waals surface area contributed by atoms with Crippen molar-refractivity contribution in [1.82, 2.24) is 4.98 Å². The molecule has 1 aromatic heterocycles. The number of primary amides is 1. The molecule has 0 spiro atoms. The van der Waals surface area contributed by atoms with Gasteiger partial charge in [-0.2, -0.15) is 0 Å². The maximum atomic E-state index is 12.3. The van der Waals surface area contributed by atoms with E-state index in [1.807, 2.05) is 30.5 Å². The van der Waals surface area contributed by atoms with Gasteiger partial charge in [0.05, 0.1) is 6.04 Å². The van der Waals surface area contributed by atoms with Gasteiger partial charge in [0, 0.05) is 28.4 Å². The summed E-state index contributed by atoms with van der Waals surface area (Å²) in [5, 5.41) is 3.80. The summed E-state index contributed by atoms with van der Waals surface area (Å²) in [5.41, 5.74) is 14.2. The van der Waals surface area contributed by atoms with Crippen molar-refractivity contribution in [2.24, 2.45) is 11.5 Å². The molecule has 2 amide bonds. The fourth-order valence-electron chi connectivity index (χ4n) is 2.58. The average Bonchev–Trinajstić information content (AvgIpc) is 2.98. The van der Waals surface area contributed by atoms with Gasteiger partial charge in [-0.05, 0) is 42.3 Å². The molecule has 6 N–H and O–H groups in total. The van der Waals surface area contributed by atoms with E-state index in [2.05, 4.69) is 10.3 Å². The number of amides is 2. The van der Waals surface area contributed by atoms with E-state index in [4.69, 9.17) is 11.5 Å². The van der Waals surface area contributed by atoms with Crippen molar-refractivity contribution in [2.75, 3.05) is 5.32 Å². The number of nitrogens with one attached hydrogen (secondary N) is 2. The van der Waals surface area contributed by atoms with E-state index >= 15 is 0 Å². The maximum absolute atomic E-state index is 12.3. The Morgan fingerprint density at radius 2 is 1.79 bits per heavy atom. The summed E-state index contributed by atoms with van der Waals surface area (Å²) in [4.78, 5) is 26.5. The number of benzene rings is 2. The Kier molecular flexibility index (Phi) is 4.31. The highest BCUT2D eigenvalue weighted by molar-refractivity contribution is 5.97. The molecule has 0 saturated heterocycles. The van der Waals surface area contributed by atoms with Gasteiger partial charge in [0.25, 0.3) is 0 Å². The van der Waals surface area contributed by atoms with Crippen LogP contribution >= 0.6 is 0 Å². The highest BCUT2D eigenvalue weighted by Crippen LogP contribution is 2.19. The number of carbonyl (C=O) groups is 2. The van der Waals surface area contributed by atoms with Gasteiger partial charge in [0.15, 0.2) is 0 Å². The Labute approximate surface area is 138 Å². The first kappa shape index (κ1) is 15.8. The third kappa shape index (κ3) is 3.28. The first-order chi connectivity index (χ1) is 11.5. The molecule has 3 rings (SSSR count). The highest BCUT2D eigenvalue weighted by Gasteiger charge is 2.16. The number of anilines is 1. The van der Waals surface area contributed by atoms with Crippen LogP contribution in [-0.4, -0.2) is 22.8 Å². The normalized spacial score (nSPS) is 12.0. The number of carbonyl (C=O) groups excluding carboxylic acids is 2. The maximum Gasteiger partial charge on any atom is 0.248 e. The van der Waals surface area contributed by atoms with Gasteiger partial charge < -0.3 is 21.8 Å². The minimum atomic E-state index is -0.681. The third-order valence-electron chi connectivity index (χ3n) is 3.89. The zero-order valence-electron chi connectivity index (χ0n) is 13.0. The van der Waals surface area contributed by atoms with E-state index in [1.54, 1.807) is 24.3 Å². The second-order valence-electron chi connectivity index (χ2n) is 5.60. The van der Waals surface area contributed by atoms with Gasteiger partial charge in [-0.3, -0.25) is 9.59 Å². The van der Waals surface area contributed by atoms with E-state index in [0.29, 0.717) is 17.7 Å². The van der Waals surface area contributed by atoms with E-state index in [9.17, 15) is 9.59 Å². The number of H-pyrrole nitrogens is 1. The molecule has 6 heteroatoms. The molecule has 0 aliphatic rings. The van der Waals surface area contributed by atoms with Crippen molar-refractivity contribution in [3.05, 3.63) is 65.9 Å². The van der Waals surface area contributed by atoms with Crippen LogP contribution < -0.4 is 16.8 Å². The van der Waals surface area contributed by atoms with Crippen molar-refractivity contribution in [2.45, 2.75) is 12.5 Å². The number of aromatic amines is 1. The lowest BCUT2D eigenvalue weighted by Crippen LogP contribution is -2.37. The monoisotopic (exact) mass is 322 g/mol. The topological polar surface area (TPSA) is 114 Å². The lowest BCUT2D eigenvalue weighted by Gasteiger charge is -2.12. The zero-order chi connectivity index (χ0) is 17.1. The molecule has 3 aromatic rings. The first-order valence-corrected chi connectivity index (χ1v) is 7.56. The number of rotatable bonds is 5. The molecule has 6 nitrogen and oxygen atoms in total. The fourth-order valence-corrected chi connectivity index (χ4v) is 2.58. The Morgan fingerprint density at radius 1 is 1.08 bits per heavy atom. The van der Waals surface area contributed by atoms with E-state index in [0.717, 1.165) is 16.5 Å². The van der Waals surface area contributed by atoms with Crippen LogP contribution in [0.15, 0.2) is 54.7 Å². The van der Waals surface area contributed by atoms with E-state index in [-0.39, 0.29) is 5.91 Å². The molecule has 1 atom stereocenters. The molecule has 0 bridgehead atoms. The van der Waals surface area contributed by atoms with E-state index in [1.165, 1.54) is 0 Å². The van der Waals surface area contributed by atoms with Crippen LogP contribution in [0.2, 0.25) is 0 Å². The van der Waals surface area contributed by atoms with E-state index < -0.39 is 11.9 Å². The van der Waals surface area contributed by atoms with Gasteiger partial charge in [-0.25, -0.2) is 0 Å². The molecule has 24 heavy (non-hydrogen) atoms. The average molecular weight is 322 g/mol. The lowest BCUT2D eigenvalue weighted by molar-refractivity contribution is -0.117. The number of nitrogens with two attached hydrogens (primary N) is 2. The number of fused-ring (bicyclic) bond motifs is 1. The summed E-state index contributed by atoms with van der Waals surface area (Å²) in [6, 6.07) is 13.6. The fraction of sp³-hybridized carbons (Fsp3) is 0.111. The van der Waals surface area contributed by atoms with Gasteiger partial charge in [0.2, 0.25) is 11.8 Å². The summed E-state index contributed by atoms with van der Waals surface area (Å²) in [5.74, 6) is -0.795. The van der Waals surface area contributed by atoms with Crippen LogP contribution in [0.1, 0.15) is 15.9 Å². The molecule has 122 valence electrons. The minimum Gasteiger partial charge on any atom is -0.366 e. The number of aromatic nitrogens is 1. The quantitative estimate of drug-likeness (QED) is 0.574. The molecular formula is C18H18N4O2. The summed E-state index contributed by atoms with van der Waals surface area (Å²) in [7, 11) is 0. The smallest absolute Gasteiger partial charge is 0.248 e. The predicted molar refractivity (Wildman–Crippen MR) is 93.6 cm³/mol. The van der Waals surface area contributed by atoms with Gasteiger partial charge in [-0.15, -0.1) is 0 Å².